The average Bonchev–Trinajstić information content (AvgIpc) is 3.19. The van der Waals surface area contributed by atoms with Crippen molar-refractivity contribution < 1.29 is 19.4 Å². The molecule has 190 valence electrons. The summed E-state index contributed by atoms with van der Waals surface area (Å²) in [5, 5.41) is 13.1. The average molecular weight is 472 g/mol. The summed E-state index contributed by atoms with van der Waals surface area (Å²) in [5.41, 5.74) is 1.10. The summed E-state index contributed by atoms with van der Waals surface area (Å²) in [6, 6.07) is 7.89. The maximum atomic E-state index is 12.3. The third-order valence-corrected chi connectivity index (χ3v) is 6.92. The van der Waals surface area contributed by atoms with Crippen LogP contribution in [-0.2, 0) is 16.0 Å². The molecule has 1 aliphatic carbocycles. The lowest BCUT2D eigenvalue weighted by Crippen LogP contribution is -2.25. The highest BCUT2D eigenvalue weighted by atomic mass is 16.5. The smallest absolute Gasteiger partial charge is 0.220 e. The van der Waals surface area contributed by atoms with Gasteiger partial charge in [-0.25, -0.2) is 0 Å². The van der Waals surface area contributed by atoms with Gasteiger partial charge >= 0.3 is 0 Å². The van der Waals surface area contributed by atoms with Crippen LogP contribution in [0.15, 0.2) is 36.4 Å². The largest absolute Gasteiger partial charge is 0.496 e. The second-order valence-electron chi connectivity index (χ2n) is 9.59. The van der Waals surface area contributed by atoms with Gasteiger partial charge in [-0.05, 0) is 49.7 Å². The van der Waals surface area contributed by atoms with E-state index < -0.39 is 0 Å². The van der Waals surface area contributed by atoms with Crippen LogP contribution in [0.3, 0.4) is 0 Å². The maximum Gasteiger partial charge on any atom is 0.220 e. The Kier molecular flexibility index (Phi) is 13.6. The topological polar surface area (TPSA) is 75.6 Å². The quantitative estimate of drug-likeness (QED) is 0.223. The SMILES string of the molecule is CCCCC[C@H](O)/C=C/[C@H]1CCC(=O)[C@@H]1CCCCCCC(=O)NCCc1ccccc1OC. The molecule has 1 aromatic rings. The molecule has 5 heteroatoms. The zero-order chi connectivity index (χ0) is 24.6. The fourth-order valence-electron chi connectivity index (χ4n) is 4.85. The fraction of sp³-hybridized carbons (Fsp3) is 0.655. The monoisotopic (exact) mass is 471 g/mol. The number of benzene rings is 1. The van der Waals surface area contributed by atoms with Crippen molar-refractivity contribution in [2.24, 2.45) is 11.8 Å². The number of ether oxygens (including phenoxy) is 1. The first-order valence-electron chi connectivity index (χ1n) is 13.3. The van der Waals surface area contributed by atoms with E-state index >= 15 is 0 Å². The highest BCUT2D eigenvalue weighted by molar-refractivity contribution is 5.83. The first kappa shape index (κ1) is 28.1. The highest BCUT2D eigenvalue weighted by Crippen LogP contribution is 2.34. The lowest BCUT2D eigenvalue weighted by Gasteiger charge is -2.15. The molecular formula is C29H45NO4. The van der Waals surface area contributed by atoms with Crippen molar-refractivity contribution in [3.63, 3.8) is 0 Å². The number of nitrogens with one attached hydrogen (secondary N) is 1. The number of ketones is 1. The molecular weight excluding hydrogens is 426 g/mol. The van der Waals surface area contributed by atoms with Crippen LogP contribution >= 0.6 is 0 Å². The number of unbranched alkanes of at least 4 members (excludes halogenated alkanes) is 5. The number of aliphatic hydroxyl groups excluding tert-OH is 1. The van der Waals surface area contributed by atoms with Gasteiger partial charge in [-0.3, -0.25) is 9.59 Å². The van der Waals surface area contributed by atoms with Gasteiger partial charge < -0.3 is 15.2 Å². The van der Waals surface area contributed by atoms with Gasteiger partial charge in [-0.2, -0.15) is 0 Å². The lowest BCUT2D eigenvalue weighted by atomic mass is 9.89. The van der Waals surface area contributed by atoms with Gasteiger partial charge in [0.15, 0.2) is 0 Å². The molecule has 1 amide bonds. The lowest BCUT2D eigenvalue weighted by molar-refractivity contribution is -0.121. The van der Waals surface area contributed by atoms with E-state index in [1.54, 1.807) is 7.11 Å². The Balaban J connectivity index is 1.57. The summed E-state index contributed by atoms with van der Waals surface area (Å²) in [6.45, 7) is 2.78. The molecule has 0 radical (unpaired) electrons. The minimum absolute atomic E-state index is 0.101. The second-order valence-corrected chi connectivity index (χ2v) is 9.59. The summed E-state index contributed by atoms with van der Waals surface area (Å²) in [5.74, 6) is 1.73. The summed E-state index contributed by atoms with van der Waals surface area (Å²) in [6.07, 6.45) is 15.6. The molecule has 34 heavy (non-hydrogen) atoms. The van der Waals surface area contributed by atoms with Crippen molar-refractivity contribution in [1.82, 2.24) is 5.32 Å². The fourth-order valence-corrected chi connectivity index (χ4v) is 4.85. The molecule has 0 heterocycles. The predicted octanol–water partition coefficient (Wildman–Crippen LogP) is 5.79. The Bertz CT molecular complexity index is 760. The van der Waals surface area contributed by atoms with Gasteiger partial charge in [0, 0.05) is 25.3 Å². The molecule has 1 fully saturated rings. The minimum Gasteiger partial charge on any atom is -0.496 e. The summed E-state index contributed by atoms with van der Waals surface area (Å²) in [4.78, 5) is 24.4. The Labute approximate surface area is 206 Å². The van der Waals surface area contributed by atoms with Crippen molar-refractivity contribution >= 4 is 11.7 Å². The first-order valence-corrected chi connectivity index (χ1v) is 13.3. The van der Waals surface area contributed by atoms with Gasteiger partial charge in [-0.1, -0.05) is 75.8 Å². The maximum absolute atomic E-state index is 12.3. The molecule has 0 saturated heterocycles. The molecule has 0 unspecified atom stereocenters. The van der Waals surface area contributed by atoms with Crippen molar-refractivity contribution in [2.75, 3.05) is 13.7 Å². The predicted molar refractivity (Wildman–Crippen MR) is 138 cm³/mol. The molecule has 1 aliphatic rings. The molecule has 1 saturated carbocycles. The van der Waals surface area contributed by atoms with Crippen LogP contribution in [0.2, 0.25) is 0 Å². The zero-order valence-electron chi connectivity index (χ0n) is 21.3. The Hall–Kier alpha value is -2.14. The molecule has 5 nitrogen and oxygen atoms in total. The molecule has 3 atom stereocenters. The number of rotatable bonds is 17. The Morgan fingerprint density at radius 2 is 1.97 bits per heavy atom. The Morgan fingerprint density at radius 3 is 2.76 bits per heavy atom. The van der Waals surface area contributed by atoms with Gasteiger partial charge in [-0.15, -0.1) is 0 Å². The van der Waals surface area contributed by atoms with Crippen molar-refractivity contribution in [3.8, 4) is 5.75 Å². The van der Waals surface area contributed by atoms with E-state index in [2.05, 4.69) is 18.3 Å². The summed E-state index contributed by atoms with van der Waals surface area (Å²) < 4.78 is 5.35. The standard InChI is InChI=1S/C29H45NO4/c1-3-4-7-13-25(31)19-17-23-18-20-27(32)26(23)14-8-5-6-9-16-29(33)30-22-21-24-12-10-11-15-28(24)34-2/h10-12,15,17,19,23,25-26,31H,3-9,13-14,16,18,20-22H2,1-2H3,(H,30,33)/b19-17+/t23-,25-,26+/m0/s1. The van der Waals surface area contributed by atoms with Gasteiger partial charge in [0.1, 0.15) is 11.5 Å². The van der Waals surface area contributed by atoms with Crippen LogP contribution < -0.4 is 10.1 Å². The number of hydrogen-bond acceptors (Lipinski definition) is 4. The van der Waals surface area contributed by atoms with E-state index in [-0.39, 0.29) is 23.8 Å². The minimum atomic E-state index is -0.385. The van der Waals surface area contributed by atoms with E-state index in [0.29, 0.717) is 25.2 Å². The molecule has 1 aromatic carbocycles. The molecule has 0 spiro atoms. The molecule has 2 rings (SSSR count). The number of Topliss-reactive ketones (excluding diaryl/α,β-unsaturated/α-hetero) is 1. The number of aliphatic hydroxyl groups is 1. The number of allylic oxidation sites excluding steroid dienone is 1. The van der Waals surface area contributed by atoms with Crippen LogP contribution in [0.4, 0.5) is 0 Å². The van der Waals surface area contributed by atoms with Crippen LogP contribution in [0.5, 0.6) is 5.75 Å². The number of para-hydroxylation sites is 1. The van der Waals surface area contributed by atoms with Crippen LogP contribution in [0.25, 0.3) is 0 Å². The first-order chi connectivity index (χ1) is 16.5. The van der Waals surface area contributed by atoms with E-state index in [1.165, 1.54) is 0 Å². The number of carbonyl (C=O) groups excluding carboxylic acids is 2. The number of methoxy groups -OCH3 is 1. The van der Waals surface area contributed by atoms with E-state index in [9.17, 15) is 14.7 Å². The Morgan fingerprint density at radius 1 is 1.18 bits per heavy atom. The van der Waals surface area contributed by atoms with E-state index in [4.69, 9.17) is 4.74 Å². The molecule has 2 N–H and O–H groups in total. The zero-order valence-corrected chi connectivity index (χ0v) is 21.3. The third-order valence-electron chi connectivity index (χ3n) is 6.92. The second kappa shape index (κ2) is 16.5. The number of hydrogen-bond donors (Lipinski definition) is 2. The van der Waals surface area contributed by atoms with Crippen molar-refractivity contribution in [1.29, 1.82) is 0 Å². The van der Waals surface area contributed by atoms with Crippen LogP contribution in [0.1, 0.15) is 89.5 Å². The van der Waals surface area contributed by atoms with Gasteiger partial charge in [0.05, 0.1) is 13.2 Å². The molecule has 0 aromatic heterocycles. The molecule has 0 bridgehead atoms. The van der Waals surface area contributed by atoms with Crippen LogP contribution in [0, 0.1) is 11.8 Å². The van der Waals surface area contributed by atoms with E-state index in [0.717, 1.165) is 81.9 Å². The number of carbonyl (C=O) groups is 2. The summed E-state index contributed by atoms with van der Waals surface area (Å²) in [7, 11) is 1.66. The third kappa shape index (κ3) is 10.4. The number of amides is 1. The summed E-state index contributed by atoms with van der Waals surface area (Å²) >= 11 is 0. The van der Waals surface area contributed by atoms with Crippen molar-refractivity contribution in [2.45, 2.75) is 96.5 Å². The normalized spacial score (nSPS) is 19.0. The van der Waals surface area contributed by atoms with E-state index in [1.807, 2.05) is 30.3 Å². The van der Waals surface area contributed by atoms with Gasteiger partial charge in [0.2, 0.25) is 5.91 Å². The van der Waals surface area contributed by atoms with Gasteiger partial charge in [0.25, 0.3) is 0 Å². The van der Waals surface area contributed by atoms with Crippen LogP contribution in [-0.4, -0.2) is 36.6 Å². The highest BCUT2D eigenvalue weighted by Gasteiger charge is 2.32. The van der Waals surface area contributed by atoms with Crippen molar-refractivity contribution in [3.05, 3.63) is 42.0 Å². The molecule has 0 aliphatic heterocycles.